The maximum Gasteiger partial charge on any atom is 0.269 e. The molecule has 0 aromatic heterocycles. The van der Waals surface area contributed by atoms with Gasteiger partial charge in [-0.1, -0.05) is 18.2 Å². The highest BCUT2D eigenvalue weighted by Gasteiger charge is 2.21. The Balaban J connectivity index is 2.07. The number of rotatable bonds is 3. The van der Waals surface area contributed by atoms with Gasteiger partial charge in [-0.3, -0.25) is 10.1 Å². The van der Waals surface area contributed by atoms with E-state index < -0.39 is 0 Å². The Morgan fingerprint density at radius 2 is 2.00 bits per heavy atom. The number of nitro benzene ring substituents is 1. The smallest absolute Gasteiger partial charge is 0.269 e. The summed E-state index contributed by atoms with van der Waals surface area (Å²) in [6.45, 7) is 0.902. The average molecular weight is 303 g/mol. The largest absolute Gasteiger partial charge is 0.341 e. The van der Waals surface area contributed by atoms with Gasteiger partial charge in [0, 0.05) is 35.9 Å². The Hall–Kier alpha value is -2.07. The van der Waals surface area contributed by atoms with Crippen molar-refractivity contribution < 1.29 is 4.92 Å². The third-order valence-corrected chi connectivity index (χ3v) is 4.11. The number of halogens is 1. The lowest BCUT2D eigenvalue weighted by Gasteiger charge is -2.32. The van der Waals surface area contributed by atoms with Crippen LogP contribution >= 0.6 is 11.6 Å². The van der Waals surface area contributed by atoms with E-state index in [9.17, 15) is 10.1 Å². The van der Waals surface area contributed by atoms with Gasteiger partial charge < -0.3 is 4.90 Å². The van der Waals surface area contributed by atoms with Crippen LogP contribution in [-0.4, -0.2) is 11.5 Å². The number of nitrogens with zero attached hydrogens (tertiary/aromatic N) is 2. The van der Waals surface area contributed by atoms with Crippen LogP contribution < -0.4 is 4.90 Å². The number of non-ortho nitro benzene ring substituents is 1. The van der Waals surface area contributed by atoms with Crippen molar-refractivity contribution in [3.63, 3.8) is 0 Å². The van der Waals surface area contributed by atoms with Crippen LogP contribution in [0.2, 0.25) is 0 Å². The van der Waals surface area contributed by atoms with Gasteiger partial charge in [-0.15, -0.1) is 11.6 Å². The van der Waals surface area contributed by atoms with Gasteiger partial charge in [-0.25, -0.2) is 0 Å². The molecule has 1 heterocycles. The van der Waals surface area contributed by atoms with Gasteiger partial charge in [0.05, 0.1) is 4.92 Å². The summed E-state index contributed by atoms with van der Waals surface area (Å²) in [6, 6.07) is 13.2. The van der Waals surface area contributed by atoms with E-state index >= 15 is 0 Å². The molecule has 0 saturated heterocycles. The fourth-order valence-electron chi connectivity index (χ4n) is 2.84. The highest BCUT2D eigenvalue weighted by molar-refractivity contribution is 6.17. The highest BCUT2D eigenvalue weighted by Crippen LogP contribution is 2.36. The molecule has 108 valence electrons. The number of anilines is 2. The van der Waals surface area contributed by atoms with Gasteiger partial charge >= 0.3 is 0 Å². The maximum absolute atomic E-state index is 10.9. The Kier molecular flexibility index (Phi) is 3.80. The summed E-state index contributed by atoms with van der Waals surface area (Å²) in [4.78, 5) is 12.7. The molecule has 0 amide bonds. The highest BCUT2D eigenvalue weighted by atomic mass is 35.5. The standard InChI is InChI=1S/C16H15ClN2O2/c17-11-13-10-14(19(20)21)7-8-16(13)18-9-3-5-12-4-1-2-6-15(12)18/h1-2,4,6-8,10H,3,5,9,11H2. The molecule has 0 fully saturated rings. The van der Waals surface area contributed by atoms with Crippen LogP contribution in [-0.2, 0) is 12.3 Å². The predicted octanol–water partition coefficient (Wildman–Crippen LogP) is 4.42. The first-order valence-electron chi connectivity index (χ1n) is 6.89. The van der Waals surface area contributed by atoms with Gasteiger partial charge in [-0.05, 0) is 36.1 Å². The predicted molar refractivity (Wildman–Crippen MR) is 84.4 cm³/mol. The zero-order chi connectivity index (χ0) is 14.8. The van der Waals surface area contributed by atoms with Gasteiger partial charge in [0.2, 0.25) is 0 Å². The minimum Gasteiger partial charge on any atom is -0.341 e. The van der Waals surface area contributed by atoms with Crippen LogP contribution in [0.4, 0.5) is 17.1 Å². The fraction of sp³-hybridized carbons (Fsp3) is 0.250. The summed E-state index contributed by atoms with van der Waals surface area (Å²) in [5.41, 5.74) is 4.32. The molecule has 0 bridgehead atoms. The Morgan fingerprint density at radius 3 is 2.76 bits per heavy atom. The van der Waals surface area contributed by atoms with Gasteiger partial charge in [0.1, 0.15) is 0 Å². The Labute approximate surface area is 128 Å². The van der Waals surface area contributed by atoms with Gasteiger partial charge in [0.25, 0.3) is 5.69 Å². The van der Waals surface area contributed by atoms with E-state index in [-0.39, 0.29) is 16.5 Å². The van der Waals surface area contributed by atoms with Gasteiger partial charge in [0.15, 0.2) is 0 Å². The van der Waals surface area contributed by atoms with Crippen molar-refractivity contribution in [2.24, 2.45) is 0 Å². The zero-order valence-corrected chi connectivity index (χ0v) is 12.2. The van der Waals surface area contributed by atoms with Crippen molar-refractivity contribution in [3.8, 4) is 0 Å². The van der Waals surface area contributed by atoms with E-state index in [1.165, 1.54) is 11.3 Å². The second-order valence-electron chi connectivity index (χ2n) is 5.09. The molecule has 0 N–H and O–H groups in total. The lowest BCUT2D eigenvalue weighted by Crippen LogP contribution is -2.25. The molecule has 2 aromatic rings. The quantitative estimate of drug-likeness (QED) is 0.479. The van der Waals surface area contributed by atoms with Crippen LogP contribution in [0.3, 0.4) is 0 Å². The third kappa shape index (κ3) is 2.59. The second kappa shape index (κ2) is 5.74. The minimum atomic E-state index is -0.385. The number of alkyl halides is 1. The van der Waals surface area contributed by atoms with E-state index in [2.05, 4.69) is 17.0 Å². The van der Waals surface area contributed by atoms with Gasteiger partial charge in [-0.2, -0.15) is 0 Å². The van der Waals surface area contributed by atoms with Crippen LogP contribution in [0.25, 0.3) is 0 Å². The monoisotopic (exact) mass is 302 g/mol. The molecule has 0 radical (unpaired) electrons. The molecule has 1 aliphatic heterocycles. The van der Waals surface area contributed by atoms with Crippen molar-refractivity contribution in [1.29, 1.82) is 0 Å². The number of nitro groups is 1. The Bertz CT molecular complexity index is 688. The fourth-order valence-corrected chi connectivity index (χ4v) is 3.05. The number of hydrogen-bond acceptors (Lipinski definition) is 3. The summed E-state index contributed by atoms with van der Waals surface area (Å²) >= 11 is 6.01. The first kappa shape index (κ1) is 13.9. The molecule has 5 heteroatoms. The van der Waals surface area contributed by atoms with Crippen molar-refractivity contribution in [1.82, 2.24) is 0 Å². The van der Waals surface area contributed by atoms with Crippen molar-refractivity contribution in [3.05, 3.63) is 63.7 Å². The van der Waals surface area contributed by atoms with Crippen LogP contribution in [0.5, 0.6) is 0 Å². The minimum absolute atomic E-state index is 0.0831. The molecule has 3 rings (SSSR count). The number of para-hydroxylation sites is 1. The SMILES string of the molecule is O=[N+]([O-])c1ccc(N2CCCc3ccccc32)c(CCl)c1. The summed E-state index contributed by atoms with van der Waals surface area (Å²) in [5, 5.41) is 10.9. The van der Waals surface area contributed by atoms with Crippen molar-refractivity contribution >= 4 is 28.7 Å². The topological polar surface area (TPSA) is 46.4 Å². The molecule has 0 saturated carbocycles. The Morgan fingerprint density at radius 1 is 1.19 bits per heavy atom. The zero-order valence-electron chi connectivity index (χ0n) is 11.5. The molecular weight excluding hydrogens is 288 g/mol. The van der Waals surface area contributed by atoms with Crippen molar-refractivity contribution in [2.45, 2.75) is 18.7 Å². The summed E-state index contributed by atoms with van der Waals surface area (Å²) in [7, 11) is 0. The molecule has 0 spiro atoms. The van der Waals surface area contributed by atoms with Crippen molar-refractivity contribution in [2.75, 3.05) is 11.4 Å². The number of fused-ring (bicyclic) bond motifs is 1. The molecule has 1 aliphatic rings. The second-order valence-corrected chi connectivity index (χ2v) is 5.35. The van der Waals surface area contributed by atoms with Crippen LogP contribution in [0.1, 0.15) is 17.5 Å². The molecule has 0 aliphatic carbocycles. The summed E-state index contributed by atoms with van der Waals surface area (Å²) in [5.74, 6) is 0.260. The number of hydrogen-bond donors (Lipinski definition) is 0. The average Bonchev–Trinajstić information content (AvgIpc) is 2.53. The van der Waals surface area contributed by atoms with E-state index in [0.29, 0.717) is 0 Å². The number of benzene rings is 2. The molecule has 2 aromatic carbocycles. The normalized spacial score (nSPS) is 13.9. The molecule has 4 nitrogen and oxygen atoms in total. The number of aryl methyl sites for hydroxylation is 1. The van der Waals surface area contributed by atoms with E-state index in [1.807, 2.05) is 12.1 Å². The first-order valence-corrected chi connectivity index (χ1v) is 7.43. The molecule has 21 heavy (non-hydrogen) atoms. The van der Waals surface area contributed by atoms with Crippen LogP contribution in [0, 0.1) is 10.1 Å². The molecular formula is C16H15ClN2O2. The lowest BCUT2D eigenvalue weighted by atomic mass is 10.00. The van der Waals surface area contributed by atoms with E-state index in [4.69, 9.17) is 11.6 Å². The maximum atomic E-state index is 10.9. The summed E-state index contributed by atoms with van der Waals surface area (Å²) in [6.07, 6.45) is 2.13. The van der Waals surface area contributed by atoms with Crippen LogP contribution in [0.15, 0.2) is 42.5 Å². The molecule has 0 unspecified atom stereocenters. The summed E-state index contributed by atoms with van der Waals surface area (Å²) < 4.78 is 0. The van der Waals surface area contributed by atoms with E-state index in [1.54, 1.807) is 18.2 Å². The first-order chi connectivity index (χ1) is 10.2. The lowest BCUT2D eigenvalue weighted by molar-refractivity contribution is -0.384. The molecule has 0 atom stereocenters. The van der Waals surface area contributed by atoms with E-state index in [0.717, 1.165) is 30.6 Å². The third-order valence-electron chi connectivity index (χ3n) is 3.82.